The minimum Gasteiger partial charge on any atom is -0.347 e. The van der Waals surface area contributed by atoms with Crippen LogP contribution in [0.25, 0.3) is 0 Å². The molecule has 0 spiro atoms. The number of hydrogen-bond acceptors (Lipinski definition) is 6. The van der Waals surface area contributed by atoms with Crippen LogP contribution in [-0.2, 0) is 28.5 Å². The van der Waals surface area contributed by atoms with Gasteiger partial charge in [-0.25, -0.2) is 0 Å². The van der Waals surface area contributed by atoms with Crippen LogP contribution in [0.4, 0.5) is 0 Å². The lowest BCUT2D eigenvalue weighted by molar-refractivity contribution is 0.382. The molecule has 0 N–H and O–H groups in total. The molecule has 0 radical (unpaired) electrons. The molecule has 58 valence electrons. The lowest BCUT2D eigenvalue weighted by atomic mass is 11.6. The van der Waals surface area contributed by atoms with E-state index >= 15 is 0 Å². The van der Waals surface area contributed by atoms with Gasteiger partial charge in [-0.3, -0.25) is 0 Å². The normalized spacial score (nSPS) is 27.2. The third-order valence-electron chi connectivity index (χ3n) is 0.502. The van der Waals surface area contributed by atoms with E-state index in [-0.39, 0.29) is 6.40 Å². The van der Waals surface area contributed by atoms with Crippen molar-refractivity contribution in [2.75, 3.05) is 0 Å². The Morgan fingerprint density at radius 3 is 2.10 bits per heavy atom. The van der Waals surface area contributed by atoms with Gasteiger partial charge in [0.15, 0.2) is 0 Å². The predicted octanol–water partition coefficient (Wildman–Crippen LogP) is -1.45. The van der Waals surface area contributed by atoms with Crippen molar-refractivity contribution in [1.82, 2.24) is 0 Å². The number of hydrogen-bond donors (Lipinski definition) is 0. The maximum atomic E-state index is 10.2. The third-order valence-corrected chi connectivity index (χ3v) is 2.52. The van der Waals surface area contributed by atoms with Crippen LogP contribution in [0.3, 0.4) is 0 Å². The Labute approximate surface area is 56.9 Å². The molecule has 0 bridgehead atoms. The highest BCUT2D eigenvalue weighted by Gasteiger charge is 2.26. The standard InChI is InChI=1S/CHNO6S2/c3-9(4)2-1-7-10(5,6)8-9/h1H. The summed E-state index contributed by atoms with van der Waals surface area (Å²) in [7, 11) is -8.76. The van der Waals surface area contributed by atoms with Crippen molar-refractivity contribution >= 4 is 27.1 Å². The first kappa shape index (κ1) is 7.44. The Bertz CT molecular complexity index is 345. The minimum absolute atomic E-state index is 0.272. The average molecular weight is 187 g/mol. The van der Waals surface area contributed by atoms with Gasteiger partial charge >= 0.3 is 20.7 Å². The molecule has 1 aliphatic rings. The Hall–Kier alpha value is -0.670. The molecule has 1 heterocycles. The van der Waals surface area contributed by atoms with E-state index in [0.717, 1.165) is 0 Å². The summed E-state index contributed by atoms with van der Waals surface area (Å²) in [6, 6.07) is 0. The molecule has 0 saturated heterocycles. The first-order valence-corrected chi connectivity index (χ1v) is 4.54. The fourth-order valence-electron chi connectivity index (χ4n) is 0.262. The van der Waals surface area contributed by atoms with Crippen LogP contribution in [-0.4, -0.2) is 23.2 Å². The van der Waals surface area contributed by atoms with Crippen LogP contribution in [0.1, 0.15) is 0 Å². The molecule has 0 amide bonds. The highest BCUT2D eigenvalue weighted by atomic mass is 32.3. The molecule has 1 rings (SSSR count). The molecular formula is CHNO6S2. The fourth-order valence-corrected chi connectivity index (χ4v) is 1.72. The SMILES string of the molecule is O=S1(=O)N=COS(=O)(=O)O1. The number of rotatable bonds is 0. The zero-order valence-corrected chi connectivity index (χ0v) is 5.92. The van der Waals surface area contributed by atoms with Crippen molar-refractivity contribution in [3.8, 4) is 0 Å². The lowest BCUT2D eigenvalue weighted by Gasteiger charge is -2.03. The van der Waals surface area contributed by atoms with Gasteiger partial charge in [-0.05, 0) is 0 Å². The quantitative estimate of drug-likeness (QED) is 0.460. The van der Waals surface area contributed by atoms with Gasteiger partial charge in [0.1, 0.15) is 0 Å². The van der Waals surface area contributed by atoms with Crippen LogP contribution in [0, 0.1) is 0 Å². The molecule has 0 saturated carbocycles. The van der Waals surface area contributed by atoms with Crippen LogP contribution in [0.2, 0.25) is 0 Å². The molecule has 1 aliphatic heterocycles. The topological polar surface area (TPSA) is 99.1 Å². The van der Waals surface area contributed by atoms with Crippen molar-refractivity contribution in [1.29, 1.82) is 0 Å². The predicted molar refractivity (Wildman–Crippen MR) is 28.5 cm³/mol. The van der Waals surface area contributed by atoms with Crippen molar-refractivity contribution in [3.63, 3.8) is 0 Å². The first-order chi connectivity index (χ1) is 4.41. The molecule has 0 atom stereocenters. The maximum Gasteiger partial charge on any atom is 0.466 e. The lowest BCUT2D eigenvalue weighted by Crippen LogP contribution is -2.18. The Morgan fingerprint density at radius 2 is 1.80 bits per heavy atom. The smallest absolute Gasteiger partial charge is 0.347 e. The van der Waals surface area contributed by atoms with Crippen LogP contribution < -0.4 is 0 Å². The zero-order chi connectivity index (χ0) is 7.83. The highest BCUT2D eigenvalue weighted by Crippen LogP contribution is 2.07. The molecule has 0 aliphatic carbocycles. The molecule has 10 heavy (non-hydrogen) atoms. The van der Waals surface area contributed by atoms with Gasteiger partial charge in [0.05, 0.1) is 0 Å². The summed E-state index contributed by atoms with van der Waals surface area (Å²) in [5.74, 6) is 0. The summed E-state index contributed by atoms with van der Waals surface area (Å²) < 4.78 is 50.3. The van der Waals surface area contributed by atoms with Gasteiger partial charge in [-0.1, -0.05) is 3.63 Å². The third kappa shape index (κ3) is 1.65. The maximum absolute atomic E-state index is 10.2. The van der Waals surface area contributed by atoms with Crippen LogP contribution >= 0.6 is 0 Å². The Kier molecular flexibility index (Phi) is 1.42. The van der Waals surface area contributed by atoms with Crippen LogP contribution in [0.15, 0.2) is 4.40 Å². The minimum atomic E-state index is -4.43. The highest BCUT2D eigenvalue weighted by molar-refractivity contribution is 7.97. The van der Waals surface area contributed by atoms with E-state index < -0.39 is 20.7 Å². The monoisotopic (exact) mass is 187 g/mol. The van der Waals surface area contributed by atoms with Crippen molar-refractivity contribution in [3.05, 3.63) is 0 Å². The molecule has 0 aromatic carbocycles. The second-order valence-corrected chi connectivity index (χ2v) is 3.83. The second-order valence-electron chi connectivity index (χ2n) is 1.21. The second kappa shape index (κ2) is 1.90. The van der Waals surface area contributed by atoms with E-state index in [4.69, 9.17) is 0 Å². The van der Waals surface area contributed by atoms with E-state index in [9.17, 15) is 16.8 Å². The zero-order valence-electron chi connectivity index (χ0n) is 4.29. The summed E-state index contributed by atoms with van der Waals surface area (Å²) in [5, 5.41) is 0. The van der Waals surface area contributed by atoms with Gasteiger partial charge in [0.25, 0.3) is 0 Å². The Balaban J connectivity index is 3.19. The first-order valence-electron chi connectivity index (χ1n) is 1.84. The molecule has 0 unspecified atom stereocenters. The largest absolute Gasteiger partial charge is 0.466 e. The Morgan fingerprint density at radius 1 is 1.20 bits per heavy atom. The molecule has 7 nitrogen and oxygen atoms in total. The average Bonchev–Trinajstić information content (AvgIpc) is 1.56. The summed E-state index contributed by atoms with van der Waals surface area (Å²) in [4.78, 5) is 0. The summed E-state index contributed by atoms with van der Waals surface area (Å²) in [6.07, 6.45) is 0.272. The van der Waals surface area contributed by atoms with Gasteiger partial charge in [0.2, 0.25) is 6.40 Å². The van der Waals surface area contributed by atoms with Gasteiger partial charge in [-0.2, -0.15) is 16.8 Å². The summed E-state index contributed by atoms with van der Waals surface area (Å²) in [5.41, 5.74) is 0. The van der Waals surface area contributed by atoms with Crippen molar-refractivity contribution in [2.24, 2.45) is 4.40 Å². The molecular weight excluding hydrogens is 186 g/mol. The van der Waals surface area contributed by atoms with E-state index in [0.29, 0.717) is 0 Å². The number of nitrogens with zero attached hydrogens (tertiary/aromatic N) is 1. The van der Waals surface area contributed by atoms with E-state index in [2.05, 4.69) is 12.2 Å². The van der Waals surface area contributed by atoms with Gasteiger partial charge < -0.3 is 4.18 Å². The van der Waals surface area contributed by atoms with Gasteiger partial charge in [0, 0.05) is 0 Å². The van der Waals surface area contributed by atoms with Crippen molar-refractivity contribution < 1.29 is 24.6 Å². The van der Waals surface area contributed by atoms with Crippen molar-refractivity contribution in [2.45, 2.75) is 0 Å². The van der Waals surface area contributed by atoms with E-state index in [1.54, 1.807) is 0 Å². The fraction of sp³-hybridized carbons (Fsp3) is 0. The van der Waals surface area contributed by atoms with E-state index in [1.807, 2.05) is 0 Å². The molecule has 9 heteroatoms. The molecule has 0 aromatic rings. The summed E-state index contributed by atoms with van der Waals surface area (Å²) >= 11 is 0. The van der Waals surface area contributed by atoms with E-state index in [1.165, 1.54) is 0 Å². The molecule has 0 fully saturated rings. The summed E-state index contributed by atoms with van der Waals surface area (Å²) in [6.45, 7) is 0. The molecule has 0 aromatic heterocycles. The van der Waals surface area contributed by atoms with Gasteiger partial charge in [-0.15, -0.1) is 4.40 Å². The van der Waals surface area contributed by atoms with Crippen LogP contribution in [0.5, 0.6) is 0 Å².